The number of esters is 1. The van der Waals surface area contributed by atoms with Gasteiger partial charge in [0.15, 0.2) is 0 Å². The highest BCUT2D eigenvalue weighted by atomic mass is 16.5. The summed E-state index contributed by atoms with van der Waals surface area (Å²) in [5.41, 5.74) is -0.306. The van der Waals surface area contributed by atoms with E-state index in [9.17, 15) is 9.59 Å². The Morgan fingerprint density at radius 1 is 1.06 bits per heavy atom. The van der Waals surface area contributed by atoms with Crippen LogP contribution in [0.15, 0.2) is 57.9 Å². The number of hydrogen-bond donors (Lipinski definition) is 0. The van der Waals surface area contributed by atoms with Crippen molar-refractivity contribution in [1.29, 1.82) is 0 Å². The van der Waals surface area contributed by atoms with Gasteiger partial charge in [-0.1, -0.05) is 18.2 Å². The molecular formula is C12H8O4. The van der Waals surface area contributed by atoms with Gasteiger partial charge in [0.2, 0.25) is 0 Å². The van der Waals surface area contributed by atoms with Gasteiger partial charge in [-0.25, -0.2) is 9.59 Å². The van der Waals surface area contributed by atoms with Crippen molar-refractivity contribution in [1.82, 2.24) is 0 Å². The smallest absolute Gasteiger partial charge is 0.346 e. The molecule has 0 aliphatic heterocycles. The highest BCUT2D eigenvalue weighted by molar-refractivity contribution is 5.90. The number of para-hydroxylation sites is 1. The topological polar surface area (TPSA) is 56.5 Å². The van der Waals surface area contributed by atoms with Crippen LogP contribution in [0.1, 0.15) is 10.4 Å². The van der Waals surface area contributed by atoms with Crippen LogP contribution >= 0.6 is 0 Å². The fraction of sp³-hybridized carbons (Fsp3) is 0. The van der Waals surface area contributed by atoms with Gasteiger partial charge in [-0.05, 0) is 18.2 Å². The molecule has 0 spiro atoms. The van der Waals surface area contributed by atoms with Crippen LogP contribution in [-0.4, -0.2) is 5.97 Å². The molecule has 4 heteroatoms. The first-order valence-electron chi connectivity index (χ1n) is 4.62. The summed E-state index contributed by atoms with van der Waals surface area (Å²) in [7, 11) is 0. The lowest BCUT2D eigenvalue weighted by molar-refractivity contribution is 0.0732. The standard InChI is InChI=1S/C12H8O4/c13-11-7-6-9(8-15-11)12(14)16-10-4-2-1-3-5-10/h1-8H. The van der Waals surface area contributed by atoms with E-state index in [0.717, 1.165) is 6.26 Å². The van der Waals surface area contributed by atoms with Crippen LogP contribution in [0.25, 0.3) is 0 Å². The number of carbonyl (C=O) groups excluding carboxylic acids is 1. The first-order chi connectivity index (χ1) is 7.75. The van der Waals surface area contributed by atoms with Crippen LogP contribution in [0.3, 0.4) is 0 Å². The van der Waals surface area contributed by atoms with E-state index in [1.807, 2.05) is 6.07 Å². The first-order valence-corrected chi connectivity index (χ1v) is 4.62. The van der Waals surface area contributed by atoms with Gasteiger partial charge >= 0.3 is 11.6 Å². The average Bonchev–Trinajstić information content (AvgIpc) is 2.31. The Morgan fingerprint density at radius 2 is 1.81 bits per heavy atom. The molecule has 16 heavy (non-hydrogen) atoms. The number of hydrogen-bond acceptors (Lipinski definition) is 4. The lowest BCUT2D eigenvalue weighted by atomic mass is 10.3. The first kappa shape index (κ1) is 10.2. The van der Waals surface area contributed by atoms with Crippen LogP contribution in [0.5, 0.6) is 5.75 Å². The van der Waals surface area contributed by atoms with E-state index in [-0.39, 0.29) is 5.56 Å². The zero-order valence-corrected chi connectivity index (χ0v) is 8.25. The summed E-state index contributed by atoms with van der Waals surface area (Å²) < 4.78 is 9.60. The van der Waals surface area contributed by atoms with Crippen molar-refractivity contribution >= 4 is 5.97 Å². The zero-order chi connectivity index (χ0) is 11.4. The van der Waals surface area contributed by atoms with Crippen molar-refractivity contribution in [2.75, 3.05) is 0 Å². The highest BCUT2D eigenvalue weighted by Crippen LogP contribution is 2.10. The Labute approximate surface area is 91.1 Å². The summed E-state index contributed by atoms with van der Waals surface area (Å²) >= 11 is 0. The van der Waals surface area contributed by atoms with Crippen molar-refractivity contribution < 1.29 is 13.9 Å². The molecule has 2 aromatic rings. The van der Waals surface area contributed by atoms with Gasteiger partial charge in [0, 0.05) is 6.07 Å². The number of ether oxygens (including phenoxy) is 1. The van der Waals surface area contributed by atoms with Crippen molar-refractivity contribution in [2.24, 2.45) is 0 Å². The zero-order valence-electron chi connectivity index (χ0n) is 8.25. The normalized spacial score (nSPS) is 9.75. The van der Waals surface area contributed by atoms with Crippen LogP contribution in [0.2, 0.25) is 0 Å². The fourth-order valence-corrected chi connectivity index (χ4v) is 1.13. The minimum Gasteiger partial charge on any atom is -0.430 e. The van der Waals surface area contributed by atoms with Crippen LogP contribution in [0.4, 0.5) is 0 Å². The summed E-state index contributed by atoms with van der Waals surface area (Å²) in [4.78, 5) is 22.2. The maximum Gasteiger partial charge on any atom is 0.346 e. The third-order valence-electron chi connectivity index (χ3n) is 1.89. The second kappa shape index (κ2) is 4.44. The SMILES string of the molecule is O=C(Oc1ccccc1)c1ccc(=O)oc1. The number of carbonyl (C=O) groups is 1. The number of rotatable bonds is 2. The summed E-state index contributed by atoms with van der Waals surface area (Å²) in [6, 6.07) is 11.2. The molecule has 2 rings (SSSR count). The van der Waals surface area contributed by atoms with Gasteiger partial charge in [-0.15, -0.1) is 0 Å². The molecule has 0 atom stereocenters. The maximum atomic E-state index is 11.5. The molecule has 0 unspecified atom stereocenters. The predicted octanol–water partition coefficient (Wildman–Crippen LogP) is 1.86. The molecule has 1 heterocycles. The van der Waals surface area contributed by atoms with Crippen molar-refractivity contribution in [3.63, 3.8) is 0 Å². The predicted molar refractivity (Wildman–Crippen MR) is 56.4 cm³/mol. The molecule has 0 amide bonds. The summed E-state index contributed by atoms with van der Waals surface area (Å²) in [5, 5.41) is 0. The van der Waals surface area contributed by atoms with Crippen LogP contribution in [-0.2, 0) is 0 Å². The van der Waals surface area contributed by atoms with Gasteiger partial charge in [0.05, 0.1) is 5.56 Å². The summed E-state index contributed by atoms with van der Waals surface area (Å²) in [6.07, 6.45) is 1.08. The molecule has 0 saturated heterocycles. The lowest BCUT2D eigenvalue weighted by Crippen LogP contribution is -2.09. The molecular weight excluding hydrogens is 208 g/mol. The molecule has 0 N–H and O–H groups in total. The van der Waals surface area contributed by atoms with Crippen molar-refractivity contribution in [2.45, 2.75) is 0 Å². The maximum absolute atomic E-state index is 11.5. The average molecular weight is 216 g/mol. The number of benzene rings is 1. The van der Waals surface area contributed by atoms with E-state index in [1.54, 1.807) is 24.3 Å². The Bertz CT molecular complexity index is 522. The fourth-order valence-electron chi connectivity index (χ4n) is 1.13. The second-order valence-corrected chi connectivity index (χ2v) is 3.05. The molecule has 0 bridgehead atoms. The van der Waals surface area contributed by atoms with E-state index in [2.05, 4.69) is 4.42 Å². The minimum absolute atomic E-state index is 0.198. The van der Waals surface area contributed by atoms with Gasteiger partial charge < -0.3 is 9.15 Å². The third kappa shape index (κ3) is 2.36. The lowest BCUT2D eigenvalue weighted by Gasteiger charge is -2.02. The highest BCUT2D eigenvalue weighted by Gasteiger charge is 2.08. The van der Waals surface area contributed by atoms with Crippen molar-refractivity contribution in [3.05, 3.63) is 64.7 Å². The molecule has 1 aromatic carbocycles. The Balaban J connectivity index is 2.15. The van der Waals surface area contributed by atoms with Crippen LogP contribution < -0.4 is 10.4 Å². The quantitative estimate of drug-likeness (QED) is 0.568. The molecule has 80 valence electrons. The molecule has 0 fully saturated rings. The summed E-state index contributed by atoms with van der Waals surface area (Å²) in [5.74, 6) is -0.117. The molecule has 4 nitrogen and oxygen atoms in total. The largest absolute Gasteiger partial charge is 0.430 e. The molecule has 0 aliphatic carbocycles. The van der Waals surface area contributed by atoms with Gasteiger partial charge in [-0.2, -0.15) is 0 Å². The van der Waals surface area contributed by atoms with E-state index >= 15 is 0 Å². The van der Waals surface area contributed by atoms with E-state index in [1.165, 1.54) is 12.1 Å². The van der Waals surface area contributed by atoms with E-state index in [4.69, 9.17) is 4.74 Å². The molecule has 0 aliphatic rings. The molecule has 0 radical (unpaired) electrons. The molecule has 0 saturated carbocycles. The third-order valence-corrected chi connectivity index (χ3v) is 1.89. The monoisotopic (exact) mass is 216 g/mol. The second-order valence-electron chi connectivity index (χ2n) is 3.05. The van der Waals surface area contributed by atoms with E-state index in [0.29, 0.717) is 5.75 Å². The van der Waals surface area contributed by atoms with E-state index < -0.39 is 11.6 Å². The van der Waals surface area contributed by atoms with Gasteiger partial charge in [0.25, 0.3) is 0 Å². The van der Waals surface area contributed by atoms with Gasteiger partial charge in [0.1, 0.15) is 12.0 Å². The Kier molecular flexibility index (Phi) is 2.82. The Morgan fingerprint density at radius 3 is 2.44 bits per heavy atom. The van der Waals surface area contributed by atoms with Crippen molar-refractivity contribution in [3.8, 4) is 5.75 Å². The molecule has 1 aromatic heterocycles. The van der Waals surface area contributed by atoms with Gasteiger partial charge in [-0.3, -0.25) is 0 Å². The minimum atomic E-state index is -0.560. The van der Waals surface area contributed by atoms with Crippen LogP contribution in [0, 0.1) is 0 Å². The summed E-state index contributed by atoms with van der Waals surface area (Å²) in [6.45, 7) is 0. The Hall–Kier alpha value is -2.36.